The van der Waals surface area contributed by atoms with Crippen LogP contribution in [-0.4, -0.2) is 37.0 Å². The van der Waals surface area contributed by atoms with E-state index in [4.69, 9.17) is 0 Å². The summed E-state index contributed by atoms with van der Waals surface area (Å²) in [5, 5.41) is 0. The minimum absolute atomic E-state index is 0.582. The van der Waals surface area contributed by atoms with Crippen molar-refractivity contribution in [2.24, 2.45) is 5.92 Å². The Kier molecular flexibility index (Phi) is 6.63. The molecule has 80 valence electrons. The maximum Gasteiger partial charge on any atom is 0.0217 e. The summed E-state index contributed by atoms with van der Waals surface area (Å²) in [6.45, 7) is 13.3. The first-order valence-corrected chi connectivity index (χ1v) is 4.90. The van der Waals surface area contributed by atoms with Gasteiger partial charge in [-0.2, -0.15) is 0 Å². The molecule has 0 aromatic carbocycles. The second-order valence-corrected chi connectivity index (χ2v) is 3.63. The van der Waals surface area contributed by atoms with E-state index in [1.54, 1.807) is 0 Å². The lowest BCUT2D eigenvalue weighted by Crippen LogP contribution is -2.29. The van der Waals surface area contributed by atoms with Crippen molar-refractivity contribution in [3.05, 3.63) is 38.2 Å². The number of allylic oxidation sites excluding steroid dienone is 1. The van der Waals surface area contributed by atoms with Gasteiger partial charge in [-0.15, -0.1) is 6.58 Å². The minimum atomic E-state index is 0.582. The molecule has 0 spiro atoms. The molecular weight excluding hydrogens is 172 g/mol. The average molecular weight is 194 g/mol. The molecule has 2 nitrogen and oxygen atoms in total. The van der Waals surface area contributed by atoms with Crippen molar-refractivity contribution in [1.29, 1.82) is 0 Å². The summed E-state index contributed by atoms with van der Waals surface area (Å²) in [6, 6.07) is 0. The van der Waals surface area contributed by atoms with Crippen molar-refractivity contribution in [3.63, 3.8) is 0 Å². The highest BCUT2D eigenvalue weighted by molar-refractivity contribution is 4.81. The maximum atomic E-state index is 3.78. The molecule has 0 heterocycles. The zero-order valence-electron chi connectivity index (χ0n) is 9.45. The molecule has 0 saturated carbocycles. The van der Waals surface area contributed by atoms with E-state index in [2.05, 4.69) is 29.5 Å². The van der Waals surface area contributed by atoms with Crippen molar-refractivity contribution in [2.75, 3.05) is 27.2 Å². The van der Waals surface area contributed by atoms with Crippen LogP contribution in [0.25, 0.3) is 0 Å². The molecule has 0 radical (unpaired) electrons. The lowest BCUT2D eigenvalue weighted by molar-refractivity contribution is 0.291. The standard InChI is InChI=1S/C12H22N2/c1-6-9-12(10-13(4)7-2)11-14(5)8-3/h6-8,12H,1-3,9-11H2,4-5H3. The maximum absolute atomic E-state index is 3.78. The summed E-state index contributed by atoms with van der Waals surface area (Å²) in [5.41, 5.74) is 0. The molecule has 14 heavy (non-hydrogen) atoms. The molecule has 0 aliphatic carbocycles. The molecule has 0 aliphatic rings. The van der Waals surface area contributed by atoms with E-state index in [1.165, 1.54) is 0 Å². The molecule has 0 bridgehead atoms. The Morgan fingerprint density at radius 3 is 1.71 bits per heavy atom. The minimum Gasteiger partial charge on any atom is -0.381 e. The monoisotopic (exact) mass is 194 g/mol. The van der Waals surface area contributed by atoms with E-state index in [0.717, 1.165) is 19.5 Å². The first-order valence-electron chi connectivity index (χ1n) is 4.90. The van der Waals surface area contributed by atoms with Crippen LogP contribution in [0.15, 0.2) is 38.2 Å². The van der Waals surface area contributed by atoms with Crippen LogP contribution < -0.4 is 0 Å². The summed E-state index contributed by atoms with van der Waals surface area (Å²) < 4.78 is 0. The highest BCUT2D eigenvalue weighted by atomic mass is 15.1. The summed E-state index contributed by atoms with van der Waals surface area (Å²) in [4.78, 5) is 4.20. The van der Waals surface area contributed by atoms with Gasteiger partial charge >= 0.3 is 0 Å². The van der Waals surface area contributed by atoms with E-state index in [0.29, 0.717) is 5.92 Å². The van der Waals surface area contributed by atoms with Crippen LogP contribution in [0, 0.1) is 5.92 Å². The van der Waals surface area contributed by atoms with Crippen LogP contribution in [0.1, 0.15) is 6.42 Å². The van der Waals surface area contributed by atoms with Gasteiger partial charge in [0, 0.05) is 27.2 Å². The predicted octanol–water partition coefficient (Wildman–Crippen LogP) is 2.33. The van der Waals surface area contributed by atoms with Gasteiger partial charge in [-0.1, -0.05) is 19.2 Å². The second-order valence-electron chi connectivity index (χ2n) is 3.63. The third-order valence-corrected chi connectivity index (χ3v) is 2.22. The number of rotatable bonds is 8. The highest BCUT2D eigenvalue weighted by Gasteiger charge is 2.09. The molecule has 0 fully saturated rings. The van der Waals surface area contributed by atoms with Gasteiger partial charge in [-0.25, -0.2) is 0 Å². The molecule has 0 saturated heterocycles. The van der Waals surface area contributed by atoms with Crippen LogP contribution in [0.4, 0.5) is 0 Å². The fourth-order valence-corrected chi connectivity index (χ4v) is 1.41. The molecule has 0 aromatic rings. The first kappa shape index (κ1) is 12.8. The van der Waals surface area contributed by atoms with Gasteiger partial charge in [0.15, 0.2) is 0 Å². The van der Waals surface area contributed by atoms with Gasteiger partial charge < -0.3 is 9.80 Å². The largest absolute Gasteiger partial charge is 0.381 e. The second kappa shape index (κ2) is 7.25. The van der Waals surface area contributed by atoms with Gasteiger partial charge in [-0.3, -0.25) is 0 Å². The Balaban J connectivity index is 4.06. The van der Waals surface area contributed by atoms with Gasteiger partial charge in [0.2, 0.25) is 0 Å². The van der Waals surface area contributed by atoms with E-state index in [-0.39, 0.29) is 0 Å². The summed E-state index contributed by atoms with van der Waals surface area (Å²) in [6.07, 6.45) is 6.70. The molecule has 0 N–H and O–H groups in total. The van der Waals surface area contributed by atoms with Crippen molar-refractivity contribution < 1.29 is 0 Å². The summed E-state index contributed by atoms with van der Waals surface area (Å²) >= 11 is 0. The van der Waals surface area contributed by atoms with E-state index < -0.39 is 0 Å². The van der Waals surface area contributed by atoms with Crippen molar-refractivity contribution >= 4 is 0 Å². The molecule has 0 atom stereocenters. The average Bonchev–Trinajstić information content (AvgIpc) is 2.17. The Hall–Kier alpha value is -1.18. The Morgan fingerprint density at radius 2 is 1.43 bits per heavy atom. The third-order valence-electron chi connectivity index (χ3n) is 2.22. The normalized spacial score (nSPS) is 9.64. The molecule has 0 aromatic heterocycles. The Bertz CT molecular complexity index is 171. The lowest BCUT2D eigenvalue weighted by atomic mass is 10.0. The summed E-state index contributed by atoms with van der Waals surface area (Å²) in [7, 11) is 4.08. The molecule has 0 aliphatic heterocycles. The van der Waals surface area contributed by atoms with E-state index in [9.17, 15) is 0 Å². The van der Waals surface area contributed by atoms with Crippen LogP contribution >= 0.6 is 0 Å². The Morgan fingerprint density at radius 1 is 1.00 bits per heavy atom. The fourth-order valence-electron chi connectivity index (χ4n) is 1.41. The van der Waals surface area contributed by atoms with Crippen LogP contribution in [0.3, 0.4) is 0 Å². The van der Waals surface area contributed by atoms with Gasteiger partial charge in [0.05, 0.1) is 0 Å². The molecule has 0 unspecified atom stereocenters. The lowest BCUT2D eigenvalue weighted by Gasteiger charge is -2.25. The first-order chi connectivity index (χ1) is 6.63. The van der Waals surface area contributed by atoms with E-state index in [1.807, 2.05) is 32.6 Å². The fraction of sp³-hybridized carbons (Fsp3) is 0.500. The number of hydrogen-bond donors (Lipinski definition) is 0. The SMILES string of the molecule is C=CCC(CN(C)C=C)CN(C)C=C. The molecular formula is C12H22N2. The quantitative estimate of drug-likeness (QED) is 0.547. The number of hydrogen-bond acceptors (Lipinski definition) is 2. The van der Waals surface area contributed by atoms with E-state index >= 15 is 0 Å². The van der Waals surface area contributed by atoms with Gasteiger partial charge in [0.25, 0.3) is 0 Å². The van der Waals surface area contributed by atoms with Crippen molar-refractivity contribution in [3.8, 4) is 0 Å². The van der Waals surface area contributed by atoms with Gasteiger partial charge in [0.1, 0.15) is 0 Å². The molecule has 0 amide bonds. The topological polar surface area (TPSA) is 6.48 Å². The third kappa shape index (κ3) is 5.46. The number of nitrogens with zero attached hydrogens (tertiary/aromatic N) is 2. The molecule has 0 rings (SSSR count). The predicted molar refractivity (Wildman–Crippen MR) is 64.0 cm³/mol. The van der Waals surface area contributed by atoms with Crippen LogP contribution in [0.5, 0.6) is 0 Å². The zero-order chi connectivity index (χ0) is 11.0. The van der Waals surface area contributed by atoms with Gasteiger partial charge in [-0.05, 0) is 24.7 Å². The Labute approximate surface area is 88.2 Å². The van der Waals surface area contributed by atoms with Crippen molar-refractivity contribution in [2.45, 2.75) is 6.42 Å². The highest BCUT2D eigenvalue weighted by Crippen LogP contribution is 2.08. The van der Waals surface area contributed by atoms with Crippen LogP contribution in [0.2, 0.25) is 0 Å². The smallest absolute Gasteiger partial charge is 0.0217 e. The summed E-state index contributed by atoms with van der Waals surface area (Å²) in [5.74, 6) is 0.582. The zero-order valence-corrected chi connectivity index (χ0v) is 9.45. The van der Waals surface area contributed by atoms with Crippen molar-refractivity contribution in [1.82, 2.24) is 9.80 Å². The van der Waals surface area contributed by atoms with Crippen LogP contribution in [-0.2, 0) is 0 Å². The molecule has 2 heteroatoms.